The standard InChI is InChI=1S/C18H26N4O4S/c1-2-9-19-18(23)12-22-10-7-14(8-11-22)21-27(24,25)13-16-15-5-3-4-6-17(15)26-20-16/h3-6,14,21H,2,7-13H2,1H3,(H,19,23). The predicted octanol–water partition coefficient (Wildman–Crippen LogP) is 1.24. The van der Waals surface area contributed by atoms with Crippen molar-refractivity contribution in [1.29, 1.82) is 0 Å². The molecule has 0 aliphatic carbocycles. The molecule has 0 spiro atoms. The number of carbonyl (C=O) groups is 1. The molecule has 2 heterocycles. The smallest absolute Gasteiger partial charge is 0.234 e. The highest BCUT2D eigenvalue weighted by molar-refractivity contribution is 7.88. The van der Waals surface area contributed by atoms with Crippen LogP contribution in [0.25, 0.3) is 11.0 Å². The first-order valence-corrected chi connectivity index (χ1v) is 10.9. The molecule has 1 aliphatic rings. The molecule has 148 valence electrons. The van der Waals surface area contributed by atoms with Crippen LogP contribution in [0.2, 0.25) is 0 Å². The van der Waals surface area contributed by atoms with Crippen LogP contribution in [-0.2, 0) is 20.6 Å². The molecule has 27 heavy (non-hydrogen) atoms. The normalized spacial score (nSPS) is 16.6. The summed E-state index contributed by atoms with van der Waals surface area (Å²) in [6.07, 6.45) is 2.27. The summed E-state index contributed by atoms with van der Waals surface area (Å²) in [4.78, 5) is 13.8. The van der Waals surface area contributed by atoms with Gasteiger partial charge in [0.15, 0.2) is 5.58 Å². The molecule has 1 aromatic heterocycles. The number of nitrogens with zero attached hydrogens (tertiary/aromatic N) is 2. The van der Waals surface area contributed by atoms with Crippen LogP contribution in [0.15, 0.2) is 28.8 Å². The van der Waals surface area contributed by atoms with E-state index < -0.39 is 10.0 Å². The first-order chi connectivity index (χ1) is 13.0. The molecule has 8 nitrogen and oxygen atoms in total. The number of benzene rings is 1. The first kappa shape index (κ1) is 19.8. The predicted molar refractivity (Wildman–Crippen MR) is 103 cm³/mol. The quantitative estimate of drug-likeness (QED) is 0.698. The van der Waals surface area contributed by atoms with E-state index in [0.29, 0.717) is 50.3 Å². The van der Waals surface area contributed by atoms with E-state index in [9.17, 15) is 13.2 Å². The monoisotopic (exact) mass is 394 g/mol. The summed E-state index contributed by atoms with van der Waals surface area (Å²) in [5, 5.41) is 7.47. The molecule has 1 fully saturated rings. The molecule has 0 atom stereocenters. The van der Waals surface area contributed by atoms with Gasteiger partial charge in [-0.3, -0.25) is 9.69 Å². The lowest BCUT2D eigenvalue weighted by Gasteiger charge is -2.31. The summed E-state index contributed by atoms with van der Waals surface area (Å²) < 4.78 is 33.0. The van der Waals surface area contributed by atoms with Crippen molar-refractivity contribution in [3.05, 3.63) is 30.0 Å². The van der Waals surface area contributed by atoms with Gasteiger partial charge >= 0.3 is 0 Å². The van der Waals surface area contributed by atoms with Crippen molar-refractivity contribution in [2.45, 2.75) is 38.0 Å². The second-order valence-electron chi connectivity index (χ2n) is 6.90. The average Bonchev–Trinajstić information content (AvgIpc) is 3.04. The Hall–Kier alpha value is -1.97. The SMILES string of the molecule is CCCNC(=O)CN1CCC(NS(=O)(=O)Cc2noc3ccccc23)CC1. The van der Waals surface area contributed by atoms with Crippen molar-refractivity contribution in [3.63, 3.8) is 0 Å². The number of rotatable bonds is 8. The largest absolute Gasteiger partial charge is 0.356 e. The van der Waals surface area contributed by atoms with Gasteiger partial charge in [0, 0.05) is 31.1 Å². The summed E-state index contributed by atoms with van der Waals surface area (Å²) in [6, 6.07) is 7.09. The third kappa shape index (κ3) is 5.50. The summed E-state index contributed by atoms with van der Waals surface area (Å²) >= 11 is 0. The minimum Gasteiger partial charge on any atom is -0.356 e. The molecule has 1 saturated heterocycles. The number of para-hydroxylation sites is 1. The zero-order chi connectivity index (χ0) is 19.3. The Bertz CT molecular complexity index is 872. The van der Waals surface area contributed by atoms with Crippen LogP contribution in [0.4, 0.5) is 0 Å². The number of hydrogen-bond acceptors (Lipinski definition) is 6. The molecule has 2 N–H and O–H groups in total. The fourth-order valence-electron chi connectivity index (χ4n) is 3.25. The first-order valence-electron chi connectivity index (χ1n) is 9.29. The molecule has 0 bridgehead atoms. The van der Waals surface area contributed by atoms with Crippen molar-refractivity contribution < 1.29 is 17.7 Å². The number of piperidine rings is 1. The topological polar surface area (TPSA) is 105 Å². The van der Waals surface area contributed by atoms with Gasteiger partial charge in [-0.25, -0.2) is 13.1 Å². The molecular weight excluding hydrogens is 368 g/mol. The van der Waals surface area contributed by atoms with Gasteiger partial charge in [-0.1, -0.05) is 24.2 Å². The van der Waals surface area contributed by atoms with Crippen LogP contribution in [0, 0.1) is 0 Å². The van der Waals surface area contributed by atoms with Crippen molar-refractivity contribution in [3.8, 4) is 0 Å². The molecule has 1 aliphatic heterocycles. The molecular formula is C18H26N4O4S. The highest BCUT2D eigenvalue weighted by atomic mass is 32.2. The van der Waals surface area contributed by atoms with Gasteiger partial charge in [0.1, 0.15) is 11.4 Å². The number of aromatic nitrogens is 1. The molecule has 1 amide bonds. The number of hydrogen-bond donors (Lipinski definition) is 2. The Morgan fingerprint density at radius 3 is 2.78 bits per heavy atom. The second-order valence-corrected chi connectivity index (χ2v) is 8.66. The maximum absolute atomic E-state index is 12.5. The van der Waals surface area contributed by atoms with Crippen LogP contribution >= 0.6 is 0 Å². The van der Waals surface area contributed by atoms with Crippen LogP contribution < -0.4 is 10.0 Å². The molecule has 0 saturated carbocycles. The number of nitrogens with one attached hydrogen (secondary N) is 2. The average molecular weight is 394 g/mol. The molecule has 0 radical (unpaired) electrons. The number of fused-ring (bicyclic) bond motifs is 1. The van der Waals surface area contributed by atoms with Gasteiger partial charge in [0.2, 0.25) is 15.9 Å². The third-order valence-electron chi connectivity index (χ3n) is 4.65. The van der Waals surface area contributed by atoms with E-state index >= 15 is 0 Å². The summed E-state index contributed by atoms with van der Waals surface area (Å²) in [7, 11) is -3.52. The molecule has 2 aromatic rings. The molecule has 9 heteroatoms. The van der Waals surface area contributed by atoms with Crippen molar-refractivity contribution in [2.75, 3.05) is 26.2 Å². The Labute approximate surface area is 159 Å². The van der Waals surface area contributed by atoms with E-state index in [1.165, 1.54) is 0 Å². The number of likely N-dealkylation sites (tertiary alicyclic amines) is 1. The van der Waals surface area contributed by atoms with Gasteiger partial charge in [-0.2, -0.15) is 0 Å². The van der Waals surface area contributed by atoms with Gasteiger partial charge in [-0.15, -0.1) is 0 Å². The van der Waals surface area contributed by atoms with Crippen LogP contribution in [0.1, 0.15) is 31.9 Å². The van der Waals surface area contributed by atoms with Gasteiger partial charge in [-0.05, 0) is 31.4 Å². The van der Waals surface area contributed by atoms with Crippen LogP contribution in [0.3, 0.4) is 0 Å². The Kier molecular flexibility index (Phi) is 6.46. The van der Waals surface area contributed by atoms with Gasteiger partial charge in [0.25, 0.3) is 0 Å². The van der Waals surface area contributed by atoms with E-state index in [0.717, 1.165) is 11.8 Å². The lowest BCUT2D eigenvalue weighted by atomic mass is 10.1. The van der Waals surface area contributed by atoms with Crippen molar-refractivity contribution in [1.82, 2.24) is 20.1 Å². The van der Waals surface area contributed by atoms with Gasteiger partial charge < -0.3 is 9.84 Å². The Morgan fingerprint density at radius 2 is 2.04 bits per heavy atom. The van der Waals surface area contributed by atoms with Gasteiger partial charge in [0.05, 0.1) is 6.54 Å². The fraction of sp³-hybridized carbons (Fsp3) is 0.556. The van der Waals surface area contributed by atoms with Crippen LogP contribution in [0.5, 0.6) is 0 Å². The minimum absolute atomic E-state index is 0.0220. The fourth-order valence-corrected chi connectivity index (χ4v) is 4.65. The van der Waals surface area contributed by atoms with E-state index in [1.807, 2.05) is 19.1 Å². The van der Waals surface area contributed by atoms with E-state index in [-0.39, 0.29) is 17.7 Å². The third-order valence-corrected chi connectivity index (χ3v) is 6.00. The summed E-state index contributed by atoms with van der Waals surface area (Å²) in [5.41, 5.74) is 1.00. The maximum Gasteiger partial charge on any atom is 0.234 e. The highest BCUT2D eigenvalue weighted by Gasteiger charge is 2.26. The summed E-state index contributed by atoms with van der Waals surface area (Å²) in [6.45, 7) is 4.45. The zero-order valence-corrected chi connectivity index (χ0v) is 16.3. The highest BCUT2D eigenvalue weighted by Crippen LogP contribution is 2.20. The summed E-state index contributed by atoms with van der Waals surface area (Å²) in [5.74, 6) is -0.183. The Balaban J connectivity index is 1.50. The van der Waals surface area contributed by atoms with Crippen LogP contribution in [-0.4, -0.2) is 56.6 Å². The van der Waals surface area contributed by atoms with Crippen molar-refractivity contribution in [2.24, 2.45) is 0 Å². The molecule has 3 rings (SSSR count). The lowest BCUT2D eigenvalue weighted by molar-refractivity contribution is -0.122. The zero-order valence-electron chi connectivity index (χ0n) is 15.5. The molecule has 0 unspecified atom stereocenters. The number of amides is 1. The maximum atomic E-state index is 12.5. The second kappa shape index (κ2) is 8.81. The minimum atomic E-state index is -3.52. The van der Waals surface area contributed by atoms with E-state index in [2.05, 4.69) is 20.1 Å². The Morgan fingerprint density at radius 1 is 1.30 bits per heavy atom. The number of carbonyl (C=O) groups excluding carboxylic acids is 1. The lowest BCUT2D eigenvalue weighted by Crippen LogP contribution is -2.47. The van der Waals surface area contributed by atoms with Crippen molar-refractivity contribution >= 4 is 26.9 Å². The molecule has 1 aromatic carbocycles. The van der Waals surface area contributed by atoms with E-state index in [4.69, 9.17) is 4.52 Å². The van der Waals surface area contributed by atoms with E-state index in [1.54, 1.807) is 12.1 Å². The number of sulfonamides is 1.